The highest BCUT2D eigenvalue weighted by atomic mass is 16.6. The Balaban J connectivity index is 1.17. The first-order valence-electron chi connectivity index (χ1n) is 17.4. The van der Waals surface area contributed by atoms with Gasteiger partial charge in [0.1, 0.15) is 6.10 Å². The number of hydrogen-bond donors (Lipinski definition) is 2. The highest BCUT2D eigenvalue weighted by Crippen LogP contribution is 2.89. The highest BCUT2D eigenvalue weighted by molar-refractivity contribution is 5.75. The van der Waals surface area contributed by atoms with Crippen molar-refractivity contribution in [2.45, 2.75) is 156 Å². The van der Waals surface area contributed by atoms with Crippen molar-refractivity contribution in [3.05, 3.63) is 0 Å². The molecule has 0 bridgehead atoms. The lowest BCUT2D eigenvalue weighted by Crippen LogP contribution is -2.60. The predicted molar refractivity (Wildman–Crippen MR) is 161 cm³/mol. The molecule has 7 fully saturated rings. The SMILES string of the molecule is CC(=O)OC(C1CC(C)C2C(O1)C(O)C1(C)C3CCC4C(C)(C)C(OC(=O)C5CC5)CCC45CC35CCC21C)C(C)(C)O. The summed E-state index contributed by atoms with van der Waals surface area (Å²) in [6, 6.07) is 0. The van der Waals surface area contributed by atoms with Gasteiger partial charge in [0.15, 0.2) is 6.10 Å². The van der Waals surface area contributed by atoms with Gasteiger partial charge >= 0.3 is 11.9 Å². The molecule has 2 N–H and O–H groups in total. The Hall–Kier alpha value is -1.18. The Labute approximate surface area is 258 Å². The highest BCUT2D eigenvalue weighted by Gasteiger charge is 2.84. The van der Waals surface area contributed by atoms with E-state index in [1.807, 2.05) is 0 Å². The molecule has 0 aromatic carbocycles. The van der Waals surface area contributed by atoms with E-state index in [1.165, 1.54) is 19.8 Å². The van der Waals surface area contributed by atoms with Crippen LogP contribution in [0.3, 0.4) is 0 Å². The molecule has 0 aromatic rings. The Morgan fingerprint density at radius 1 is 0.953 bits per heavy atom. The normalized spacial score (nSPS) is 52.0. The van der Waals surface area contributed by atoms with E-state index in [0.29, 0.717) is 18.3 Å². The molecular weight excluding hydrogens is 544 g/mol. The van der Waals surface area contributed by atoms with E-state index in [4.69, 9.17) is 14.2 Å². The van der Waals surface area contributed by atoms with Crippen LogP contribution >= 0.6 is 0 Å². The molecule has 1 saturated heterocycles. The summed E-state index contributed by atoms with van der Waals surface area (Å²) in [4.78, 5) is 24.7. The lowest BCUT2D eigenvalue weighted by Gasteiger charge is -2.63. The van der Waals surface area contributed by atoms with E-state index >= 15 is 0 Å². The van der Waals surface area contributed by atoms with Crippen molar-refractivity contribution in [2.75, 3.05) is 0 Å². The van der Waals surface area contributed by atoms with Gasteiger partial charge < -0.3 is 24.4 Å². The van der Waals surface area contributed by atoms with Crippen LogP contribution in [0.2, 0.25) is 0 Å². The topological polar surface area (TPSA) is 102 Å². The number of rotatable bonds is 5. The largest absolute Gasteiger partial charge is 0.462 e. The molecule has 7 rings (SSSR count). The zero-order valence-electron chi connectivity index (χ0n) is 27.8. The van der Waals surface area contributed by atoms with E-state index in [2.05, 4.69) is 34.6 Å². The Morgan fingerprint density at radius 3 is 2.23 bits per heavy atom. The van der Waals surface area contributed by atoms with E-state index in [0.717, 1.165) is 44.9 Å². The lowest BCUT2D eigenvalue weighted by atomic mass is 9.41. The molecule has 0 radical (unpaired) electrons. The third-order valence-electron chi connectivity index (χ3n) is 15.3. The van der Waals surface area contributed by atoms with Gasteiger partial charge in [0.25, 0.3) is 0 Å². The maximum absolute atomic E-state index is 12.7. The van der Waals surface area contributed by atoms with Crippen LogP contribution in [0.4, 0.5) is 0 Å². The quantitative estimate of drug-likeness (QED) is 0.383. The molecule has 0 amide bonds. The number of carbonyl (C=O) groups is 2. The van der Waals surface area contributed by atoms with Crippen molar-refractivity contribution < 1.29 is 34.0 Å². The smallest absolute Gasteiger partial charge is 0.309 e. The van der Waals surface area contributed by atoms with Gasteiger partial charge in [0, 0.05) is 17.8 Å². The van der Waals surface area contributed by atoms with Crippen molar-refractivity contribution in [3.63, 3.8) is 0 Å². The number of aliphatic hydroxyl groups is 2. The fourth-order valence-electron chi connectivity index (χ4n) is 13.1. The molecule has 1 aliphatic heterocycles. The molecule has 7 heteroatoms. The summed E-state index contributed by atoms with van der Waals surface area (Å²) in [6.45, 7) is 16.5. The first kappa shape index (κ1) is 30.5. The Bertz CT molecular complexity index is 1190. The molecule has 1 heterocycles. The molecule has 6 saturated carbocycles. The molecule has 13 atom stereocenters. The summed E-state index contributed by atoms with van der Waals surface area (Å²) in [5.74, 6) is 1.16. The summed E-state index contributed by atoms with van der Waals surface area (Å²) in [6.07, 6.45) is 8.27. The molecular formula is C36H56O7. The first-order valence-corrected chi connectivity index (χ1v) is 17.4. The van der Waals surface area contributed by atoms with Crippen molar-refractivity contribution in [3.8, 4) is 0 Å². The molecule has 242 valence electrons. The third-order valence-corrected chi connectivity index (χ3v) is 15.3. The molecule has 7 nitrogen and oxygen atoms in total. The molecule has 2 spiro atoms. The number of hydrogen-bond acceptors (Lipinski definition) is 7. The zero-order chi connectivity index (χ0) is 31.1. The average molecular weight is 601 g/mol. The van der Waals surface area contributed by atoms with E-state index in [-0.39, 0.29) is 63.0 Å². The van der Waals surface area contributed by atoms with Gasteiger partial charge in [-0.15, -0.1) is 0 Å². The van der Waals surface area contributed by atoms with Crippen LogP contribution in [0.1, 0.15) is 120 Å². The second-order valence-corrected chi connectivity index (χ2v) is 17.9. The molecule has 0 aromatic heterocycles. The second kappa shape index (κ2) is 9.21. The summed E-state index contributed by atoms with van der Waals surface area (Å²) in [5, 5.41) is 23.4. The van der Waals surface area contributed by atoms with Gasteiger partial charge in [-0.05, 0) is 118 Å². The monoisotopic (exact) mass is 600 g/mol. The van der Waals surface area contributed by atoms with Gasteiger partial charge in [-0.1, -0.05) is 34.6 Å². The second-order valence-electron chi connectivity index (χ2n) is 17.9. The standard InChI is InChI=1S/C36H56O7/c1-19-17-22(29(32(5,6)40)41-20(2)37)42-27-26(19)33(7)15-16-36-18-35(36)14-13-25(43-30(39)21-9-10-21)31(3,4)23(35)11-12-24(36)34(33,8)28(27)38/h19,21-29,38,40H,9-18H2,1-8H3. The number of fused-ring (bicyclic) bond motifs is 4. The fourth-order valence-corrected chi connectivity index (χ4v) is 13.1. The summed E-state index contributed by atoms with van der Waals surface area (Å²) in [7, 11) is 0. The van der Waals surface area contributed by atoms with E-state index in [1.54, 1.807) is 13.8 Å². The van der Waals surface area contributed by atoms with Crippen LogP contribution in [-0.4, -0.2) is 58.3 Å². The van der Waals surface area contributed by atoms with Crippen LogP contribution < -0.4 is 0 Å². The van der Waals surface area contributed by atoms with Crippen molar-refractivity contribution in [1.82, 2.24) is 0 Å². The molecule has 7 aliphatic rings. The maximum Gasteiger partial charge on any atom is 0.309 e. The van der Waals surface area contributed by atoms with E-state index in [9.17, 15) is 19.8 Å². The summed E-state index contributed by atoms with van der Waals surface area (Å²) < 4.78 is 18.7. The van der Waals surface area contributed by atoms with Crippen molar-refractivity contribution in [1.29, 1.82) is 0 Å². The number of esters is 2. The summed E-state index contributed by atoms with van der Waals surface area (Å²) >= 11 is 0. The zero-order valence-corrected chi connectivity index (χ0v) is 27.8. The average Bonchev–Trinajstić information content (AvgIpc) is 3.82. The van der Waals surface area contributed by atoms with Crippen LogP contribution in [0.25, 0.3) is 0 Å². The van der Waals surface area contributed by atoms with Crippen LogP contribution in [0.5, 0.6) is 0 Å². The Morgan fingerprint density at radius 2 is 1.60 bits per heavy atom. The van der Waals surface area contributed by atoms with Gasteiger partial charge in [-0.25, -0.2) is 0 Å². The fraction of sp³-hybridized carbons (Fsp3) is 0.944. The van der Waals surface area contributed by atoms with Crippen molar-refractivity contribution in [2.24, 2.45) is 56.7 Å². The predicted octanol–water partition coefficient (Wildman–Crippen LogP) is 5.82. The van der Waals surface area contributed by atoms with Crippen LogP contribution in [0.15, 0.2) is 0 Å². The van der Waals surface area contributed by atoms with E-state index < -0.39 is 29.9 Å². The maximum atomic E-state index is 12.7. The van der Waals surface area contributed by atoms with Crippen LogP contribution in [-0.2, 0) is 23.8 Å². The minimum atomic E-state index is -1.26. The third kappa shape index (κ3) is 3.89. The number of ether oxygens (including phenoxy) is 3. The Kier molecular flexibility index (Phi) is 6.53. The number of carbonyl (C=O) groups excluding carboxylic acids is 2. The van der Waals surface area contributed by atoms with Gasteiger partial charge in [0.05, 0.1) is 29.8 Å². The molecule has 13 unspecified atom stereocenters. The summed E-state index contributed by atoms with van der Waals surface area (Å²) in [5.41, 5.74) is -1.15. The van der Waals surface area contributed by atoms with Gasteiger partial charge in [-0.2, -0.15) is 0 Å². The van der Waals surface area contributed by atoms with Crippen LogP contribution in [0, 0.1) is 56.7 Å². The van der Waals surface area contributed by atoms with Gasteiger partial charge in [0.2, 0.25) is 0 Å². The number of aliphatic hydroxyl groups excluding tert-OH is 1. The molecule has 6 aliphatic carbocycles. The van der Waals surface area contributed by atoms with Crippen molar-refractivity contribution >= 4 is 11.9 Å². The first-order chi connectivity index (χ1) is 19.9. The lowest BCUT2D eigenvalue weighted by molar-refractivity contribution is -0.216. The van der Waals surface area contributed by atoms with Gasteiger partial charge in [-0.3, -0.25) is 9.59 Å². The minimum absolute atomic E-state index is 0.00179. The minimum Gasteiger partial charge on any atom is -0.462 e. The molecule has 43 heavy (non-hydrogen) atoms.